The summed E-state index contributed by atoms with van der Waals surface area (Å²) in [4.78, 5) is 24.8. The number of fused-ring (bicyclic) bond motifs is 2. The van der Waals surface area contributed by atoms with E-state index in [1.165, 1.54) is 11.3 Å². The number of carbonyl (C=O) groups excluding carboxylic acids is 2. The molecule has 1 aliphatic rings. The zero-order valence-electron chi connectivity index (χ0n) is 11.6. The van der Waals surface area contributed by atoms with Gasteiger partial charge in [-0.1, -0.05) is 6.07 Å². The zero-order chi connectivity index (χ0) is 15.1. The maximum Gasteiger partial charge on any atom is 0.353 e. The molecule has 0 bridgehead atoms. The van der Waals surface area contributed by atoms with Gasteiger partial charge in [-0.05, 0) is 48.1 Å². The monoisotopic (exact) mass is 328 g/mol. The molecule has 3 nitrogen and oxygen atoms in total. The Labute approximate surface area is 135 Å². The molecule has 22 heavy (non-hydrogen) atoms. The van der Waals surface area contributed by atoms with Crippen molar-refractivity contribution >= 4 is 43.8 Å². The minimum atomic E-state index is -0.364. The number of rotatable bonds is 2. The van der Waals surface area contributed by atoms with Gasteiger partial charge in [-0.2, -0.15) is 0 Å². The van der Waals surface area contributed by atoms with Crippen LogP contribution < -0.4 is 4.74 Å². The lowest BCUT2D eigenvalue weighted by Crippen LogP contribution is -2.12. The average Bonchev–Trinajstić information content (AvgIpc) is 3.09. The van der Waals surface area contributed by atoms with Gasteiger partial charge in [0.25, 0.3) is 0 Å². The molecule has 0 radical (unpaired) electrons. The van der Waals surface area contributed by atoms with E-state index in [9.17, 15) is 9.59 Å². The minimum absolute atomic E-state index is 0.135. The van der Waals surface area contributed by atoms with E-state index in [1.807, 2.05) is 23.6 Å². The number of benzene rings is 1. The highest BCUT2D eigenvalue weighted by Crippen LogP contribution is 2.31. The highest BCUT2D eigenvalue weighted by molar-refractivity contribution is 7.27. The Kier molecular flexibility index (Phi) is 3.32. The minimum Gasteiger partial charge on any atom is -0.422 e. The molecule has 5 heteroatoms. The molecule has 0 spiro atoms. The number of carbonyl (C=O) groups is 2. The number of ketones is 1. The van der Waals surface area contributed by atoms with Crippen LogP contribution in [0.15, 0.2) is 35.7 Å². The van der Waals surface area contributed by atoms with E-state index < -0.39 is 0 Å². The Morgan fingerprint density at radius 2 is 2.00 bits per heavy atom. The van der Waals surface area contributed by atoms with Gasteiger partial charge in [-0.25, -0.2) is 4.79 Å². The van der Waals surface area contributed by atoms with Crippen LogP contribution in [0, 0.1) is 0 Å². The molecule has 0 unspecified atom stereocenters. The summed E-state index contributed by atoms with van der Waals surface area (Å²) in [7, 11) is 0. The summed E-state index contributed by atoms with van der Waals surface area (Å²) in [5, 5.41) is 2.01. The fraction of sp³-hybridized carbons (Fsp3) is 0.176. The van der Waals surface area contributed by atoms with E-state index in [0.29, 0.717) is 22.6 Å². The van der Waals surface area contributed by atoms with Gasteiger partial charge in [0.1, 0.15) is 10.6 Å². The molecule has 0 saturated heterocycles. The SMILES string of the molecule is O=C(Oc1ccc2c(c1)C(=O)CCC2)c1cc2sccc2s1. The van der Waals surface area contributed by atoms with Crippen molar-refractivity contribution in [3.8, 4) is 5.75 Å². The maximum absolute atomic E-state index is 12.2. The summed E-state index contributed by atoms with van der Waals surface area (Å²) in [5.74, 6) is 0.211. The van der Waals surface area contributed by atoms with Crippen LogP contribution in [0.2, 0.25) is 0 Å². The lowest BCUT2D eigenvalue weighted by molar-refractivity contribution is 0.0738. The van der Waals surface area contributed by atoms with Crippen molar-refractivity contribution in [2.75, 3.05) is 0 Å². The number of esters is 1. The molecule has 0 amide bonds. The lowest BCUT2D eigenvalue weighted by Gasteiger charge is -2.15. The quantitative estimate of drug-likeness (QED) is 0.506. The number of hydrogen-bond donors (Lipinski definition) is 0. The van der Waals surface area contributed by atoms with Gasteiger partial charge in [0.2, 0.25) is 0 Å². The van der Waals surface area contributed by atoms with Gasteiger partial charge in [0, 0.05) is 21.4 Å². The molecule has 110 valence electrons. The second-order valence-electron chi connectivity index (χ2n) is 5.24. The first-order valence-corrected chi connectivity index (χ1v) is 8.76. The Bertz CT molecular complexity index is 860. The summed E-state index contributed by atoms with van der Waals surface area (Å²) in [6.45, 7) is 0. The maximum atomic E-state index is 12.2. The summed E-state index contributed by atoms with van der Waals surface area (Å²) >= 11 is 3.04. The van der Waals surface area contributed by atoms with Gasteiger partial charge < -0.3 is 4.74 Å². The molecule has 4 rings (SSSR count). The van der Waals surface area contributed by atoms with Crippen LogP contribution in [-0.2, 0) is 6.42 Å². The number of Topliss-reactive ketones (excluding diaryl/α,β-unsaturated/α-hetero) is 1. The smallest absolute Gasteiger partial charge is 0.353 e. The molecule has 2 heterocycles. The van der Waals surface area contributed by atoms with E-state index in [0.717, 1.165) is 27.8 Å². The van der Waals surface area contributed by atoms with Crippen LogP contribution in [0.4, 0.5) is 0 Å². The van der Waals surface area contributed by atoms with E-state index in [-0.39, 0.29) is 11.8 Å². The van der Waals surface area contributed by atoms with Crippen molar-refractivity contribution in [1.29, 1.82) is 0 Å². The molecule has 0 aliphatic heterocycles. The topological polar surface area (TPSA) is 43.4 Å². The first-order valence-electron chi connectivity index (χ1n) is 7.06. The summed E-state index contributed by atoms with van der Waals surface area (Å²) < 4.78 is 7.63. The lowest BCUT2D eigenvalue weighted by atomic mass is 9.90. The molecule has 0 N–H and O–H groups in total. The molecule has 0 atom stereocenters. The molecule has 0 saturated carbocycles. The van der Waals surface area contributed by atoms with Gasteiger partial charge in [-0.15, -0.1) is 22.7 Å². The second-order valence-corrected chi connectivity index (χ2v) is 7.28. The molecule has 0 fully saturated rings. The molecular formula is C17H12O3S2. The molecule has 3 aromatic rings. The van der Waals surface area contributed by atoms with Gasteiger partial charge >= 0.3 is 5.97 Å². The predicted octanol–water partition coefficient (Wildman–Crippen LogP) is 4.70. The highest BCUT2D eigenvalue weighted by atomic mass is 32.1. The van der Waals surface area contributed by atoms with Crippen LogP contribution in [0.1, 0.15) is 38.4 Å². The van der Waals surface area contributed by atoms with Crippen LogP contribution >= 0.6 is 22.7 Å². The molecular weight excluding hydrogens is 316 g/mol. The number of ether oxygens (including phenoxy) is 1. The van der Waals surface area contributed by atoms with Crippen LogP contribution in [0.25, 0.3) is 9.40 Å². The normalized spacial score (nSPS) is 14.1. The van der Waals surface area contributed by atoms with Crippen molar-refractivity contribution in [2.24, 2.45) is 0 Å². The van der Waals surface area contributed by atoms with Crippen molar-refractivity contribution in [2.45, 2.75) is 19.3 Å². The Morgan fingerprint density at radius 1 is 1.09 bits per heavy atom. The predicted molar refractivity (Wildman–Crippen MR) is 88.4 cm³/mol. The molecule has 2 aromatic heterocycles. The first-order chi connectivity index (χ1) is 10.7. The zero-order valence-corrected chi connectivity index (χ0v) is 13.3. The Morgan fingerprint density at radius 3 is 2.86 bits per heavy atom. The Hall–Kier alpha value is -1.98. The fourth-order valence-electron chi connectivity index (χ4n) is 2.69. The Balaban J connectivity index is 1.60. The summed E-state index contributed by atoms with van der Waals surface area (Å²) in [6.07, 6.45) is 2.39. The standard InChI is InChI=1S/C17H12O3S2/c18-13-3-1-2-10-4-5-11(8-12(10)13)20-17(19)16-9-15-14(22-16)6-7-21-15/h4-9H,1-3H2. The van der Waals surface area contributed by atoms with Crippen LogP contribution in [0.5, 0.6) is 5.75 Å². The number of aryl methyl sites for hydroxylation is 1. The third-order valence-corrected chi connectivity index (χ3v) is 5.86. The number of thiophene rings is 2. The summed E-state index contributed by atoms with van der Waals surface area (Å²) in [5.41, 5.74) is 1.75. The van der Waals surface area contributed by atoms with Gasteiger partial charge in [0.05, 0.1) is 0 Å². The third kappa shape index (κ3) is 2.36. The number of hydrogen-bond acceptors (Lipinski definition) is 5. The first kappa shape index (κ1) is 13.7. The summed E-state index contributed by atoms with van der Waals surface area (Å²) in [6, 6.07) is 9.22. The van der Waals surface area contributed by atoms with Gasteiger partial charge in [0.15, 0.2) is 5.78 Å². The van der Waals surface area contributed by atoms with Crippen LogP contribution in [0.3, 0.4) is 0 Å². The highest BCUT2D eigenvalue weighted by Gasteiger charge is 2.19. The average molecular weight is 328 g/mol. The van der Waals surface area contributed by atoms with Crippen molar-refractivity contribution in [3.63, 3.8) is 0 Å². The van der Waals surface area contributed by atoms with Crippen molar-refractivity contribution < 1.29 is 14.3 Å². The van der Waals surface area contributed by atoms with Gasteiger partial charge in [-0.3, -0.25) is 4.79 Å². The molecule has 1 aromatic carbocycles. The second kappa shape index (κ2) is 5.34. The van der Waals surface area contributed by atoms with Crippen molar-refractivity contribution in [1.82, 2.24) is 0 Å². The van der Waals surface area contributed by atoms with Crippen LogP contribution in [-0.4, -0.2) is 11.8 Å². The largest absolute Gasteiger partial charge is 0.422 e. The van der Waals surface area contributed by atoms with E-state index >= 15 is 0 Å². The van der Waals surface area contributed by atoms with Crippen molar-refractivity contribution in [3.05, 3.63) is 51.7 Å². The third-order valence-electron chi connectivity index (χ3n) is 3.78. The van der Waals surface area contributed by atoms with E-state index in [2.05, 4.69) is 0 Å². The fourth-order valence-corrected chi connectivity index (χ4v) is 4.68. The molecule has 1 aliphatic carbocycles. The van der Waals surface area contributed by atoms with E-state index in [4.69, 9.17) is 4.74 Å². The van der Waals surface area contributed by atoms with E-state index in [1.54, 1.807) is 23.5 Å².